The van der Waals surface area contributed by atoms with E-state index in [0.29, 0.717) is 23.1 Å². The maximum absolute atomic E-state index is 11.7. The van der Waals surface area contributed by atoms with Gasteiger partial charge in [-0.25, -0.2) is 15.6 Å². The summed E-state index contributed by atoms with van der Waals surface area (Å²) in [5, 5.41) is 13.1. The average Bonchev–Trinajstić information content (AvgIpc) is 3.29. The van der Waals surface area contributed by atoms with Crippen LogP contribution in [-0.2, 0) is 11.2 Å². The maximum atomic E-state index is 11.7. The van der Waals surface area contributed by atoms with Crippen LogP contribution >= 0.6 is 0 Å². The Morgan fingerprint density at radius 1 is 1.25 bits per heavy atom. The summed E-state index contributed by atoms with van der Waals surface area (Å²) in [6.07, 6.45) is 3.51. The van der Waals surface area contributed by atoms with Gasteiger partial charge in [0.1, 0.15) is 0 Å². The number of benzene rings is 2. The van der Waals surface area contributed by atoms with Crippen LogP contribution < -0.4 is 21.1 Å². The number of fused-ring (bicyclic) bond motifs is 3. The van der Waals surface area contributed by atoms with Crippen LogP contribution in [0.5, 0.6) is 0 Å². The van der Waals surface area contributed by atoms with Gasteiger partial charge >= 0.3 is 5.97 Å². The van der Waals surface area contributed by atoms with E-state index >= 15 is 0 Å². The number of hydrogen-bond donors (Lipinski definition) is 4. The predicted molar refractivity (Wildman–Crippen MR) is 125 cm³/mol. The molecule has 3 aliphatic rings. The Bertz CT molecular complexity index is 1000. The first-order valence-electron chi connectivity index (χ1n) is 11.6. The summed E-state index contributed by atoms with van der Waals surface area (Å²) in [7, 11) is 0. The first kappa shape index (κ1) is 21.2. The lowest BCUT2D eigenvalue weighted by Gasteiger charge is -2.44. The summed E-state index contributed by atoms with van der Waals surface area (Å²) >= 11 is 0. The van der Waals surface area contributed by atoms with Crippen LogP contribution in [0.1, 0.15) is 52.9 Å². The van der Waals surface area contributed by atoms with Crippen molar-refractivity contribution in [3.63, 3.8) is 0 Å². The second kappa shape index (κ2) is 8.73. The van der Waals surface area contributed by atoms with E-state index in [-0.39, 0.29) is 12.2 Å². The van der Waals surface area contributed by atoms with Crippen molar-refractivity contribution in [3.05, 3.63) is 58.7 Å². The van der Waals surface area contributed by atoms with Gasteiger partial charge in [-0.3, -0.25) is 0 Å². The molecule has 0 bridgehead atoms. The fourth-order valence-corrected chi connectivity index (χ4v) is 5.70. The third-order valence-electron chi connectivity index (χ3n) is 7.26. The highest BCUT2D eigenvalue weighted by Gasteiger charge is 2.42. The molecule has 5 rings (SSSR count). The number of carboxylic acid groups (broad SMARTS) is 1. The van der Waals surface area contributed by atoms with Gasteiger partial charge in [-0.15, -0.1) is 0 Å². The van der Waals surface area contributed by atoms with Crippen LogP contribution in [-0.4, -0.2) is 37.1 Å². The summed E-state index contributed by atoms with van der Waals surface area (Å²) in [6.45, 7) is 6.74. The van der Waals surface area contributed by atoms with E-state index in [1.165, 1.54) is 22.4 Å². The van der Waals surface area contributed by atoms with Gasteiger partial charge in [0.2, 0.25) is 0 Å². The average molecular weight is 437 g/mol. The molecule has 3 atom stereocenters. The number of hydrogen-bond acceptors (Lipinski definition) is 6. The van der Waals surface area contributed by atoms with Crippen molar-refractivity contribution >= 4 is 17.3 Å². The van der Waals surface area contributed by atoms with E-state index in [1.807, 2.05) is 12.1 Å². The molecule has 3 aliphatic heterocycles. The minimum absolute atomic E-state index is 0.0143. The topological polar surface area (TPSA) is 85.9 Å². The molecule has 3 heterocycles. The van der Waals surface area contributed by atoms with E-state index in [0.717, 1.165) is 39.1 Å². The van der Waals surface area contributed by atoms with Crippen molar-refractivity contribution in [1.82, 2.24) is 10.9 Å². The summed E-state index contributed by atoms with van der Waals surface area (Å²) < 4.78 is 5.64. The number of rotatable bonds is 5. The number of hydrazine groups is 1. The lowest BCUT2D eigenvalue weighted by atomic mass is 9.75. The summed E-state index contributed by atoms with van der Waals surface area (Å²) in [6, 6.07) is 11.7. The van der Waals surface area contributed by atoms with Gasteiger partial charge in [-0.05, 0) is 73.9 Å². The second-order valence-electron chi connectivity index (χ2n) is 9.28. The largest absolute Gasteiger partial charge is 0.478 e. The Morgan fingerprint density at radius 2 is 2.03 bits per heavy atom. The number of carboxylic acids is 1. The van der Waals surface area contributed by atoms with Gasteiger partial charge in [0.25, 0.3) is 0 Å². The number of carbonyl (C=O) groups is 1. The van der Waals surface area contributed by atoms with Crippen LogP contribution in [0.15, 0.2) is 36.4 Å². The highest BCUT2D eigenvalue weighted by atomic mass is 16.5. The van der Waals surface area contributed by atoms with Crippen LogP contribution in [0.25, 0.3) is 0 Å². The standard InChI is InChI=1S/C25H32N4O3/c1-15-11-19(16(2)27-22-6-4-3-5-18(22)25(30)31)21-13-20(17-7-9-32-10-8-17)24-28-26-14-29(24)23(21)12-15/h3-6,11-12,16-17,20,24,26-28H,7-10,13-14H2,1-2H3,(H,30,31)/t16-,20?,24?/m1/s1. The molecule has 2 aromatic carbocycles. The van der Waals surface area contributed by atoms with E-state index in [1.54, 1.807) is 12.1 Å². The first-order chi connectivity index (χ1) is 15.5. The monoisotopic (exact) mass is 436 g/mol. The van der Waals surface area contributed by atoms with Gasteiger partial charge in [0, 0.05) is 36.5 Å². The molecule has 0 saturated carbocycles. The molecule has 0 radical (unpaired) electrons. The second-order valence-corrected chi connectivity index (χ2v) is 9.28. The fourth-order valence-electron chi connectivity index (χ4n) is 5.70. The summed E-state index contributed by atoms with van der Waals surface area (Å²) in [4.78, 5) is 14.2. The lowest BCUT2D eigenvalue weighted by Crippen LogP contribution is -2.50. The number of aryl methyl sites for hydroxylation is 1. The molecular weight excluding hydrogens is 404 g/mol. The lowest BCUT2D eigenvalue weighted by molar-refractivity contribution is 0.0387. The fraction of sp³-hybridized carbons (Fsp3) is 0.480. The van der Waals surface area contributed by atoms with E-state index < -0.39 is 5.97 Å². The van der Waals surface area contributed by atoms with E-state index in [9.17, 15) is 9.90 Å². The summed E-state index contributed by atoms with van der Waals surface area (Å²) in [5.41, 5.74) is 13.0. The first-order valence-corrected chi connectivity index (χ1v) is 11.6. The molecule has 170 valence electrons. The minimum atomic E-state index is -0.914. The maximum Gasteiger partial charge on any atom is 0.337 e. The SMILES string of the molecule is Cc1cc([C@@H](C)Nc2ccccc2C(=O)O)c2c(c1)N1CNNC1C(C1CCOCC1)C2. The Kier molecular flexibility index (Phi) is 5.80. The van der Waals surface area contributed by atoms with Crippen LogP contribution in [0.2, 0.25) is 0 Å². The zero-order valence-electron chi connectivity index (χ0n) is 18.7. The molecule has 2 aromatic rings. The van der Waals surface area contributed by atoms with Crippen molar-refractivity contribution < 1.29 is 14.6 Å². The number of aromatic carboxylic acids is 1. The van der Waals surface area contributed by atoms with Gasteiger partial charge < -0.3 is 20.1 Å². The van der Waals surface area contributed by atoms with Crippen LogP contribution in [0.4, 0.5) is 11.4 Å². The van der Waals surface area contributed by atoms with E-state index in [2.05, 4.69) is 47.0 Å². The normalized spacial score (nSPS) is 24.0. The molecule has 7 nitrogen and oxygen atoms in total. The zero-order chi connectivity index (χ0) is 22.2. The molecule has 0 amide bonds. The van der Waals surface area contributed by atoms with Crippen molar-refractivity contribution in [1.29, 1.82) is 0 Å². The minimum Gasteiger partial charge on any atom is -0.478 e. The van der Waals surface area contributed by atoms with Crippen LogP contribution in [0.3, 0.4) is 0 Å². The molecule has 32 heavy (non-hydrogen) atoms. The molecule has 0 aromatic heterocycles. The number of ether oxygens (including phenoxy) is 1. The van der Waals surface area contributed by atoms with E-state index in [4.69, 9.17) is 4.74 Å². The predicted octanol–water partition coefficient (Wildman–Crippen LogP) is 3.66. The number of nitrogens with zero attached hydrogens (tertiary/aromatic N) is 1. The third kappa shape index (κ3) is 3.85. The summed E-state index contributed by atoms with van der Waals surface area (Å²) in [5.74, 6) is 0.214. The third-order valence-corrected chi connectivity index (χ3v) is 7.26. The quantitative estimate of drug-likeness (QED) is 0.569. The van der Waals surface area contributed by atoms with Gasteiger partial charge in [-0.2, -0.15) is 0 Å². The zero-order valence-corrected chi connectivity index (χ0v) is 18.7. The van der Waals surface area contributed by atoms with Gasteiger partial charge in [0.15, 0.2) is 0 Å². The molecule has 2 fully saturated rings. The number of nitrogens with one attached hydrogen (secondary N) is 3. The molecule has 4 N–H and O–H groups in total. The Labute approximate surface area is 189 Å². The molecule has 0 aliphatic carbocycles. The van der Waals surface area contributed by atoms with Crippen molar-refractivity contribution in [3.8, 4) is 0 Å². The van der Waals surface area contributed by atoms with Crippen molar-refractivity contribution in [2.75, 3.05) is 30.1 Å². The van der Waals surface area contributed by atoms with Crippen molar-refractivity contribution in [2.45, 2.75) is 45.3 Å². The molecule has 2 unspecified atom stereocenters. The van der Waals surface area contributed by atoms with Gasteiger partial charge in [0.05, 0.1) is 18.4 Å². The molecule has 7 heteroatoms. The Balaban J connectivity index is 1.51. The van der Waals surface area contributed by atoms with Gasteiger partial charge in [-0.1, -0.05) is 18.2 Å². The number of anilines is 2. The highest BCUT2D eigenvalue weighted by Crippen LogP contribution is 2.43. The molecular formula is C25H32N4O3. The van der Waals surface area contributed by atoms with Crippen LogP contribution in [0, 0.1) is 18.8 Å². The number of para-hydroxylation sites is 1. The molecule has 0 spiro atoms. The smallest absolute Gasteiger partial charge is 0.337 e. The van der Waals surface area contributed by atoms with Crippen molar-refractivity contribution in [2.24, 2.45) is 11.8 Å². The molecule has 2 saturated heterocycles. The Hall–Kier alpha value is -2.61. The highest BCUT2D eigenvalue weighted by molar-refractivity contribution is 5.94. The Morgan fingerprint density at radius 3 is 2.81 bits per heavy atom.